The third kappa shape index (κ3) is 10.7. The largest absolute Gasteiger partial charge is 0.471 e. The molecule has 0 saturated heterocycles. The van der Waals surface area contributed by atoms with Crippen LogP contribution in [0, 0.1) is 0 Å². The summed E-state index contributed by atoms with van der Waals surface area (Å²) in [5.74, 6) is -2.57. The Bertz CT molecular complexity index is 746. The zero-order valence-electron chi connectivity index (χ0n) is 17.6. The van der Waals surface area contributed by atoms with Crippen LogP contribution >= 0.6 is 0 Å². The molecule has 31 heavy (non-hydrogen) atoms. The molecule has 0 spiro atoms. The number of rotatable bonds is 9. The Hall–Kier alpha value is -2.82. The van der Waals surface area contributed by atoms with E-state index in [4.69, 9.17) is 9.84 Å². The van der Waals surface area contributed by atoms with Crippen LogP contribution in [0.4, 0.5) is 23.7 Å². The quantitative estimate of drug-likeness (QED) is 0.435. The van der Waals surface area contributed by atoms with Crippen LogP contribution in [0.15, 0.2) is 24.3 Å². The van der Waals surface area contributed by atoms with E-state index in [0.717, 1.165) is 0 Å². The first kappa shape index (κ1) is 26.2. The number of hydrogen-bond acceptors (Lipinski definition) is 5. The molecule has 0 radical (unpaired) electrons. The van der Waals surface area contributed by atoms with Gasteiger partial charge in [0.05, 0.1) is 6.61 Å². The summed E-state index contributed by atoms with van der Waals surface area (Å²) >= 11 is 0. The number of nitrogens with one attached hydrogen (secondary N) is 3. The predicted molar refractivity (Wildman–Crippen MR) is 107 cm³/mol. The van der Waals surface area contributed by atoms with Crippen molar-refractivity contribution in [1.29, 1.82) is 0 Å². The van der Waals surface area contributed by atoms with Crippen molar-refractivity contribution in [1.82, 2.24) is 10.6 Å². The van der Waals surface area contributed by atoms with Crippen LogP contribution in [0.3, 0.4) is 0 Å². The van der Waals surface area contributed by atoms with Crippen molar-refractivity contribution in [2.75, 3.05) is 11.9 Å². The third-order valence-electron chi connectivity index (χ3n) is 3.87. The van der Waals surface area contributed by atoms with E-state index in [-0.39, 0.29) is 32.4 Å². The van der Waals surface area contributed by atoms with Crippen molar-refractivity contribution in [3.8, 4) is 0 Å². The fourth-order valence-corrected chi connectivity index (χ4v) is 2.42. The molecule has 1 unspecified atom stereocenters. The molecule has 0 saturated carbocycles. The first-order valence-corrected chi connectivity index (χ1v) is 9.67. The summed E-state index contributed by atoms with van der Waals surface area (Å²) in [6.45, 7) is 4.61. The number of anilines is 1. The topological polar surface area (TPSA) is 117 Å². The van der Waals surface area contributed by atoms with Gasteiger partial charge >= 0.3 is 18.2 Å². The van der Waals surface area contributed by atoms with Gasteiger partial charge in [-0.15, -0.1) is 0 Å². The highest BCUT2D eigenvalue weighted by Crippen LogP contribution is 2.15. The minimum absolute atomic E-state index is 0.113. The molecule has 0 aliphatic heterocycles. The number of carbonyl (C=O) groups is 3. The van der Waals surface area contributed by atoms with Gasteiger partial charge < -0.3 is 25.8 Å². The zero-order chi connectivity index (χ0) is 23.7. The maximum absolute atomic E-state index is 12.6. The summed E-state index contributed by atoms with van der Waals surface area (Å²) in [6, 6.07) is 5.40. The lowest BCUT2D eigenvalue weighted by molar-refractivity contribution is -0.173. The highest BCUT2D eigenvalue weighted by molar-refractivity contribution is 5.96. The molecular weight excluding hydrogens is 419 g/mol. The number of unbranched alkanes of at least 4 members (excludes halogenated alkanes) is 1. The number of hydrogen-bond donors (Lipinski definition) is 4. The van der Waals surface area contributed by atoms with Gasteiger partial charge in [0.1, 0.15) is 11.6 Å². The Kier molecular flexibility index (Phi) is 9.76. The van der Waals surface area contributed by atoms with Gasteiger partial charge in [0.25, 0.3) is 0 Å². The van der Waals surface area contributed by atoms with Crippen LogP contribution in [0.25, 0.3) is 0 Å². The van der Waals surface area contributed by atoms with Crippen LogP contribution in [-0.4, -0.2) is 47.4 Å². The standard InChI is InChI=1S/C20H28F3N3O5/c1-19(2,3)31-18(30)26-15(6-4-5-11-24-17(29)20(21,22)23)16(28)25-14-9-7-13(12-27)8-10-14/h7-10,15,27H,4-6,11-12H2,1-3H3,(H,24,29)(H,25,28)(H,26,30). The van der Waals surface area contributed by atoms with E-state index in [2.05, 4.69) is 10.6 Å². The van der Waals surface area contributed by atoms with Crippen molar-refractivity contribution in [2.24, 2.45) is 0 Å². The zero-order valence-corrected chi connectivity index (χ0v) is 17.6. The van der Waals surface area contributed by atoms with E-state index >= 15 is 0 Å². The maximum atomic E-state index is 12.6. The van der Waals surface area contributed by atoms with Crippen molar-refractivity contribution in [2.45, 2.75) is 64.5 Å². The molecule has 0 aromatic heterocycles. The second-order valence-corrected chi connectivity index (χ2v) is 7.79. The Balaban J connectivity index is 2.67. The van der Waals surface area contributed by atoms with E-state index < -0.39 is 35.7 Å². The number of ether oxygens (including phenoxy) is 1. The number of amides is 3. The Morgan fingerprint density at radius 3 is 2.19 bits per heavy atom. The number of alkyl halides is 3. The number of aliphatic hydroxyl groups excluding tert-OH is 1. The molecule has 1 atom stereocenters. The smallest absolute Gasteiger partial charge is 0.444 e. The second kappa shape index (κ2) is 11.5. The molecule has 1 aromatic carbocycles. The summed E-state index contributed by atoms with van der Waals surface area (Å²) in [5, 5.41) is 15.9. The minimum Gasteiger partial charge on any atom is -0.444 e. The van der Waals surface area contributed by atoms with Crippen LogP contribution in [0.2, 0.25) is 0 Å². The van der Waals surface area contributed by atoms with Gasteiger partial charge in [0.15, 0.2) is 0 Å². The van der Waals surface area contributed by atoms with E-state index in [0.29, 0.717) is 11.3 Å². The molecule has 174 valence electrons. The molecule has 0 heterocycles. The number of carbonyl (C=O) groups excluding carboxylic acids is 3. The third-order valence-corrected chi connectivity index (χ3v) is 3.87. The Morgan fingerprint density at radius 1 is 1.06 bits per heavy atom. The molecule has 11 heteroatoms. The molecule has 0 bridgehead atoms. The fourth-order valence-electron chi connectivity index (χ4n) is 2.42. The molecule has 4 N–H and O–H groups in total. The SMILES string of the molecule is CC(C)(C)OC(=O)NC(CCCCNC(=O)C(F)(F)F)C(=O)Nc1ccc(CO)cc1. The summed E-state index contributed by atoms with van der Waals surface area (Å²) in [4.78, 5) is 35.5. The van der Waals surface area contributed by atoms with Gasteiger partial charge in [-0.3, -0.25) is 9.59 Å². The molecule has 1 aromatic rings. The predicted octanol–water partition coefficient (Wildman–Crippen LogP) is 2.86. The van der Waals surface area contributed by atoms with Crippen molar-refractivity contribution in [3.63, 3.8) is 0 Å². The van der Waals surface area contributed by atoms with Gasteiger partial charge in [-0.05, 0) is 57.7 Å². The molecule has 0 aliphatic rings. The van der Waals surface area contributed by atoms with Gasteiger partial charge in [-0.1, -0.05) is 12.1 Å². The highest BCUT2D eigenvalue weighted by Gasteiger charge is 2.38. The molecule has 0 aliphatic carbocycles. The summed E-state index contributed by atoms with van der Waals surface area (Å²) in [7, 11) is 0. The van der Waals surface area contributed by atoms with Crippen LogP contribution in [0.1, 0.15) is 45.6 Å². The monoisotopic (exact) mass is 447 g/mol. The van der Waals surface area contributed by atoms with Crippen LogP contribution in [0.5, 0.6) is 0 Å². The summed E-state index contributed by atoms with van der Waals surface area (Å²) in [5.41, 5.74) is 0.311. The average Bonchev–Trinajstić information content (AvgIpc) is 2.65. The summed E-state index contributed by atoms with van der Waals surface area (Å²) < 4.78 is 41.7. The average molecular weight is 447 g/mol. The number of aliphatic hydroxyl groups is 1. The Labute approximate surface area is 178 Å². The van der Waals surface area contributed by atoms with Crippen molar-refractivity contribution in [3.05, 3.63) is 29.8 Å². The second-order valence-electron chi connectivity index (χ2n) is 7.79. The summed E-state index contributed by atoms with van der Waals surface area (Å²) in [6.07, 6.45) is -5.22. The lowest BCUT2D eigenvalue weighted by Crippen LogP contribution is -2.45. The number of halogens is 3. The molecular formula is C20H28F3N3O5. The molecule has 3 amide bonds. The number of benzene rings is 1. The van der Waals surface area contributed by atoms with Crippen LogP contribution in [-0.2, 0) is 20.9 Å². The van der Waals surface area contributed by atoms with Crippen LogP contribution < -0.4 is 16.0 Å². The molecule has 1 rings (SSSR count). The first-order chi connectivity index (χ1) is 14.3. The lowest BCUT2D eigenvalue weighted by Gasteiger charge is -2.23. The van der Waals surface area contributed by atoms with Crippen molar-refractivity contribution < 1.29 is 37.4 Å². The minimum atomic E-state index is -4.95. The van der Waals surface area contributed by atoms with E-state index in [1.54, 1.807) is 50.4 Å². The normalized spacial score (nSPS) is 12.6. The van der Waals surface area contributed by atoms with Crippen molar-refractivity contribution >= 4 is 23.6 Å². The van der Waals surface area contributed by atoms with E-state index in [1.807, 2.05) is 0 Å². The van der Waals surface area contributed by atoms with Gasteiger partial charge in [-0.25, -0.2) is 4.79 Å². The maximum Gasteiger partial charge on any atom is 0.471 e. The van der Waals surface area contributed by atoms with Gasteiger partial charge in [-0.2, -0.15) is 13.2 Å². The van der Waals surface area contributed by atoms with E-state index in [9.17, 15) is 27.6 Å². The Morgan fingerprint density at radius 2 is 1.68 bits per heavy atom. The lowest BCUT2D eigenvalue weighted by atomic mass is 10.1. The fraction of sp³-hybridized carbons (Fsp3) is 0.550. The van der Waals surface area contributed by atoms with Gasteiger partial charge in [0, 0.05) is 12.2 Å². The molecule has 0 fully saturated rings. The first-order valence-electron chi connectivity index (χ1n) is 9.67. The number of alkyl carbamates (subject to hydrolysis) is 1. The highest BCUT2D eigenvalue weighted by atomic mass is 19.4. The van der Waals surface area contributed by atoms with Gasteiger partial charge in [0.2, 0.25) is 5.91 Å². The molecule has 8 nitrogen and oxygen atoms in total. The van der Waals surface area contributed by atoms with E-state index in [1.165, 1.54) is 0 Å².